The largest absolute Gasteiger partial charge is 0.352 e. The number of nitrogens with zero attached hydrogens (tertiary/aromatic N) is 2. The Bertz CT molecular complexity index is 388. The summed E-state index contributed by atoms with van der Waals surface area (Å²) in [6.45, 7) is 9.89. The Morgan fingerprint density at radius 3 is 2.27 bits per heavy atom. The van der Waals surface area contributed by atoms with Crippen LogP contribution >= 0.6 is 0 Å². The Morgan fingerprint density at radius 1 is 1.09 bits per heavy atom. The molecule has 126 valence electrons. The summed E-state index contributed by atoms with van der Waals surface area (Å²) in [5.74, 6) is 0.723. The highest BCUT2D eigenvalue weighted by atomic mass is 16.2. The lowest BCUT2D eigenvalue weighted by Crippen LogP contribution is -2.56. The van der Waals surface area contributed by atoms with E-state index in [1.807, 2.05) is 11.8 Å². The molecule has 0 aromatic heterocycles. The molecule has 3 amide bonds. The molecule has 1 saturated carbocycles. The second-order valence-electron chi connectivity index (χ2n) is 6.90. The van der Waals surface area contributed by atoms with E-state index in [0.717, 1.165) is 38.9 Å². The second kappa shape index (κ2) is 7.81. The van der Waals surface area contributed by atoms with Crippen LogP contribution in [-0.4, -0.2) is 66.5 Å². The fourth-order valence-electron chi connectivity index (χ4n) is 2.61. The average Bonchev–Trinajstić information content (AvgIpc) is 3.30. The van der Waals surface area contributed by atoms with Crippen molar-refractivity contribution in [2.75, 3.05) is 32.7 Å². The zero-order valence-corrected chi connectivity index (χ0v) is 14.1. The molecule has 1 aliphatic heterocycles. The first-order valence-corrected chi connectivity index (χ1v) is 8.54. The van der Waals surface area contributed by atoms with Crippen LogP contribution in [0.15, 0.2) is 0 Å². The predicted octanol–water partition coefficient (Wildman–Crippen LogP) is 1.03. The van der Waals surface area contributed by atoms with Gasteiger partial charge in [-0.15, -0.1) is 0 Å². The van der Waals surface area contributed by atoms with Gasteiger partial charge in [-0.05, 0) is 32.1 Å². The molecule has 2 aliphatic rings. The summed E-state index contributed by atoms with van der Waals surface area (Å²) < 4.78 is 0. The minimum Gasteiger partial charge on any atom is -0.352 e. The topological polar surface area (TPSA) is 64.7 Å². The quantitative estimate of drug-likeness (QED) is 0.770. The lowest BCUT2D eigenvalue weighted by molar-refractivity contribution is -0.126. The average molecular weight is 310 g/mol. The Balaban J connectivity index is 1.67. The highest BCUT2D eigenvalue weighted by Crippen LogP contribution is 2.19. The number of carbonyl (C=O) groups excluding carboxylic acids is 2. The second-order valence-corrected chi connectivity index (χ2v) is 6.90. The lowest BCUT2D eigenvalue weighted by Gasteiger charge is -2.37. The third-order valence-corrected chi connectivity index (χ3v) is 4.45. The molecule has 0 aromatic carbocycles. The molecule has 22 heavy (non-hydrogen) atoms. The molecule has 0 spiro atoms. The van der Waals surface area contributed by atoms with Crippen LogP contribution in [0.2, 0.25) is 0 Å². The van der Waals surface area contributed by atoms with E-state index in [-0.39, 0.29) is 18.0 Å². The van der Waals surface area contributed by atoms with Crippen molar-refractivity contribution < 1.29 is 9.59 Å². The Kier molecular flexibility index (Phi) is 6.06. The highest BCUT2D eigenvalue weighted by molar-refractivity contribution is 5.82. The van der Waals surface area contributed by atoms with Crippen LogP contribution in [0.1, 0.15) is 40.0 Å². The summed E-state index contributed by atoms with van der Waals surface area (Å²) in [4.78, 5) is 28.1. The summed E-state index contributed by atoms with van der Waals surface area (Å²) in [6, 6.07) is 0.324. The fraction of sp³-hybridized carbons (Fsp3) is 0.875. The summed E-state index contributed by atoms with van der Waals surface area (Å²) in [5, 5.41) is 6.02. The Labute approximate surface area is 133 Å². The zero-order valence-electron chi connectivity index (χ0n) is 14.1. The van der Waals surface area contributed by atoms with Gasteiger partial charge in [0.05, 0.1) is 6.04 Å². The van der Waals surface area contributed by atoms with Crippen molar-refractivity contribution in [3.63, 3.8) is 0 Å². The summed E-state index contributed by atoms with van der Waals surface area (Å²) in [5.41, 5.74) is 0. The van der Waals surface area contributed by atoms with Gasteiger partial charge in [-0.1, -0.05) is 13.8 Å². The molecule has 0 unspecified atom stereocenters. The molecule has 1 saturated heterocycles. The molecule has 1 heterocycles. The van der Waals surface area contributed by atoms with Crippen LogP contribution in [0, 0.1) is 5.92 Å². The maximum atomic E-state index is 12.1. The Hall–Kier alpha value is -1.30. The fourth-order valence-corrected chi connectivity index (χ4v) is 2.61. The van der Waals surface area contributed by atoms with Gasteiger partial charge in [-0.25, -0.2) is 4.79 Å². The van der Waals surface area contributed by atoms with Gasteiger partial charge in [0.25, 0.3) is 0 Å². The van der Waals surface area contributed by atoms with Crippen LogP contribution in [0.4, 0.5) is 4.79 Å². The number of hydrogen-bond acceptors (Lipinski definition) is 3. The number of hydrogen-bond donors (Lipinski definition) is 2. The van der Waals surface area contributed by atoms with Crippen molar-refractivity contribution in [3.8, 4) is 0 Å². The minimum absolute atomic E-state index is 0.0235. The number of piperazine rings is 1. The number of carbonyl (C=O) groups is 2. The molecular weight excluding hydrogens is 280 g/mol. The first-order valence-electron chi connectivity index (χ1n) is 8.54. The van der Waals surface area contributed by atoms with E-state index in [1.54, 1.807) is 0 Å². The van der Waals surface area contributed by atoms with Gasteiger partial charge in [0.1, 0.15) is 0 Å². The van der Waals surface area contributed by atoms with E-state index >= 15 is 0 Å². The molecule has 1 atom stereocenters. The summed E-state index contributed by atoms with van der Waals surface area (Å²) in [6.07, 6.45) is 3.23. The molecule has 2 fully saturated rings. The summed E-state index contributed by atoms with van der Waals surface area (Å²) in [7, 11) is 0. The third-order valence-electron chi connectivity index (χ3n) is 4.45. The third kappa shape index (κ3) is 5.16. The molecule has 1 aliphatic carbocycles. The van der Waals surface area contributed by atoms with E-state index < -0.39 is 0 Å². The number of nitrogens with one attached hydrogen (secondary N) is 2. The maximum Gasteiger partial charge on any atom is 0.317 e. The van der Waals surface area contributed by atoms with Crippen molar-refractivity contribution in [1.29, 1.82) is 0 Å². The minimum atomic E-state index is -0.105. The molecule has 2 N–H and O–H groups in total. The van der Waals surface area contributed by atoms with E-state index in [2.05, 4.69) is 29.4 Å². The SMILES string of the molecule is CC(C)CCNC(=O)N1CCN([C@H](C)C(=O)NC2CC2)CC1. The molecule has 2 rings (SSSR count). The van der Waals surface area contributed by atoms with Crippen LogP contribution in [0.5, 0.6) is 0 Å². The monoisotopic (exact) mass is 310 g/mol. The summed E-state index contributed by atoms with van der Waals surface area (Å²) >= 11 is 0. The number of urea groups is 1. The van der Waals surface area contributed by atoms with Crippen LogP contribution in [0.3, 0.4) is 0 Å². The first kappa shape index (κ1) is 17.1. The van der Waals surface area contributed by atoms with Gasteiger partial charge < -0.3 is 15.5 Å². The molecule has 0 bridgehead atoms. The van der Waals surface area contributed by atoms with Crippen LogP contribution in [-0.2, 0) is 4.79 Å². The number of amides is 3. The van der Waals surface area contributed by atoms with Crippen molar-refractivity contribution in [2.24, 2.45) is 5.92 Å². The first-order chi connectivity index (χ1) is 10.5. The van der Waals surface area contributed by atoms with Gasteiger partial charge in [-0.2, -0.15) is 0 Å². The molecule has 0 radical (unpaired) electrons. The van der Waals surface area contributed by atoms with Gasteiger partial charge >= 0.3 is 6.03 Å². The van der Waals surface area contributed by atoms with Crippen molar-refractivity contribution in [3.05, 3.63) is 0 Å². The van der Waals surface area contributed by atoms with Crippen molar-refractivity contribution in [2.45, 2.75) is 52.1 Å². The van der Waals surface area contributed by atoms with Gasteiger partial charge in [0.2, 0.25) is 5.91 Å². The zero-order chi connectivity index (χ0) is 16.1. The van der Waals surface area contributed by atoms with Gasteiger partial charge in [0, 0.05) is 38.8 Å². The van der Waals surface area contributed by atoms with Crippen LogP contribution in [0.25, 0.3) is 0 Å². The normalized spacial score (nSPS) is 20.8. The van der Waals surface area contributed by atoms with E-state index in [4.69, 9.17) is 0 Å². The van der Waals surface area contributed by atoms with Crippen molar-refractivity contribution >= 4 is 11.9 Å². The van der Waals surface area contributed by atoms with Crippen molar-refractivity contribution in [1.82, 2.24) is 20.4 Å². The lowest BCUT2D eigenvalue weighted by atomic mass is 10.1. The molecule has 6 nitrogen and oxygen atoms in total. The van der Waals surface area contributed by atoms with Gasteiger partial charge in [-0.3, -0.25) is 9.69 Å². The molecule has 6 heteroatoms. The standard InChI is InChI=1S/C16H30N4O2/c1-12(2)6-7-17-16(22)20-10-8-19(9-11-20)13(3)15(21)18-14-4-5-14/h12-14H,4-11H2,1-3H3,(H,17,22)(H,18,21)/t13-/m1/s1. The van der Waals surface area contributed by atoms with E-state index in [0.29, 0.717) is 25.0 Å². The number of rotatable bonds is 6. The van der Waals surface area contributed by atoms with E-state index in [1.165, 1.54) is 0 Å². The van der Waals surface area contributed by atoms with E-state index in [9.17, 15) is 9.59 Å². The smallest absolute Gasteiger partial charge is 0.317 e. The predicted molar refractivity (Wildman–Crippen MR) is 86.6 cm³/mol. The van der Waals surface area contributed by atoms with Crippen LogP contribution < -0.4 is 10.6 Å². The van der Waals surface area contributed by atoms with Gasteiger partial charge in [0.15, 0.2) is 0 Å². The maximum absolute atomic E-state index is 12.1. The highest BCUT2D eigenvalue weighted by Gasteiger charge is 2.30. The molecule has 0 aromatic rings. The molecular formula is C16H30N4O2. The Morgan fingerprint density at radius 2 is 1.73 bits per heavy atom.